The molecule has 0 spiro atoms. The highest BCUT2D eigenvalue weighted by Crippen LogP contribution is 2.10. The van der Waals surface area contributed by atoms with Crippen LogP contribution in [-0.2, 0) is 4.79 Å². The van der Waals surface area contributed by atoms with Crippen LogP contribution in [0.3, 0.4) is 0 Å². The maximum Gasteiger partial charge on any atom is 0.226 e. The molecule has 1 amide bonds. The largest absolute Gasteiger partial charge is 0.363 e. The average Bonchev–Trinajstić information content (AvgIpc) is 2.56. The Labute approximate surface area is 81.1 Å². The Morgan fingerprint density at radius 2 is 2.62 bits per heavy atom. The smallest absolute Gasteiger partial charge is 0.226 e. The molecule has 0 radical (unpaired) electrons. The van der Waals surface area contributed by atoms with E-state index in [1.807, 2.05) is 13.2 Å². The van der Waals surface area contributed by atoms with Crippen molar-refractivity contribution in [1.82, 2.24) is 5.16 Å². The summed E-state index contributed by atoms with van der Waals surface area (Å²) in [6.07, 6.45) is 3.90. The van der Waals surface area contributed by atoms with Gasteiger partial charge in [-0.2, -0.15) is 11.8 Å². The first kappa shape index (κ1) is 10.1. The fraction of sp³-hybridized carbons (Fsp3) is 0.500. The zero-order valence-corrected chi connectivity index (χ0v) is 8.43. The summed E-state index contributed by atoms with van der Waals surface area (Å²) in [7, 11) is 0. The monoisotopic (exact) mass is 200 g/mol. The summed E-state index contributed by atoms with van der Waals surface area (Å²) in [5.41, 5.74) is 0. The average molecular weight is 200 g/mol. The highest BCUT2D eigenvalue weighted by atomic mass is 32.2. The molecule has 5 heteroatoms. The molecule has 1 unspecified atom stereocenters. The number of carbonyl (C=O) groups is 1. The van der Waals surface area contributed by atoms with Gasteiger partial charge in [0.05, 0.1) is 0 Å². The van der Waals surface area contributed by atoms with Gasteiger partial charge in [-0.1, -0.05) is 12.1 Å². The minimum atomic E-state index is -0.0317. The molecule has 0 saturated heterocycles. The summed E-state index contributed by atoms with van der Waals surface area (Å²) in [5.74, 6) is 0.439. The summed E-state index contributed by atoms with van der Waals surface area (Å²) in [6.45, 7) is 2.01. The topological polar surface area (TPSA) is 55.1 Å². The van der Waals surface area contributed by atoms with Crippen molar-refractivity contribution in [1.29, 1.82) is 0 Å². The number of aromatic nitrogens is 1. The predicted molar refractivity (Wildman–Crippen MR) is 52.7 cm³/mol. The molecule has 1 aromatic heterocycles. The number of hydrogen-bond donors (Lipinski definition) is 1. The van der Waals surface area contributed by atoms with Gasteiger partial charge in [0.2, 0.25) is 5.91 Å². The summed E-state index contributed by atoms with van der Waals surface area (Å²) < 4.78 is 4.58. The van der Waals surface area contributed by atoms with Gasteiger partial charge >= 0.3 is 0 Å². The van der Waals surface area contributed by atoms with Crippen molar-refractivity contribution in [3.63, 3.8) is 0 Å². The van der Waals surface area contributed by atoms with Crippen LogP contribution in [0.2, 0.25) is 0 Å². The molecule has 72 valence electrons. The van der Waals surface area contributed by atoms with E-state index in [0.29, 0.717) is 17.5 Å². The number of carbonyl (C=O) groups excluding carboxylic acids is 1. The minimum absolute atomic E-state index is 0.0317. The summed E-state index contributed by atoms with van der Waals surface area (Å²) in [4.78, 5) is 11.3. The Bertz CT molecular complexity index is 261. The Morgan fingerprint density at radius 3 is 3.15 bits per heavy atom. The van der Waals surface area contributed by atoms with Crippen LogP contribution < -0.4 is 5.32 Å². The third-order valence-electron chi connectivity index (χ3n) is 1.58. The van der Waals surface area contributed by atoms with Gasteiger partial charge in [-0.25, -0.2) is 0 Å². The van der Waals surface area contributed by atoms with E-state index in [0.717, 1.165) is 0 Å². The second-order valence-electron chi connectivity index (χ2n) is 2.68. The highest BCUT2D eigenvalue weighted by Gasteiger charge is 2.08. The molecule has 0 aliphatic heterocycles. The van der Waals surface area contributed by atoms with Crippen LogP contribution in [0.1, 0.15) is 13.3 Å². The maximum absolute atomic E-state index is 11.3. The van der Waals surface area contributed by atoms with Crippen LogP contribution in [0.5, 0.6) is 0 Å². The molecule has 4 nitrogen and oxygen atoms in total. The van der Waals surface area contributed by atoms with Crippen molar-refractivity contribution >= 4 is 23.5 Å². The number of hydrogen-bond acceptors (Lipinski definition) is 4. The zero-order chi connectivity index (χ0) is 9.68. The van der Waals surface area contributed by atoms with E-state index in [1.54, 1.807) is 17.8 Å². The molecule has 0 aromatic carbocycles. The molecule has 13 heavy (non-hydrogen) atoms. The van der Waals surface area contributed by atoms with Crippen LogP contribution in [0.25, 0.3) is 0 Å². The van der Waals surface area contributed by atoms with Crippen molar-refractivity contribution in [2.45, 2.75) is 18.6 Å². The Kier molecular flexibility index (Phi) is 3.82. The van der Waals surface area contributed by atoms with Crippen molar-refractivity contribution < 1.29 is 9.32 Å². The van der Waals surface area contributed by atoms with E-state index in [2.05, 4.69) is 15.0 Å². The molecule has 0 fully saturated rings. The van der Waals surface area contributed by atoms with Crippen molar-refractivity contribution in [3.8, 4) is 0 Å². The van der Waals surface area contributed by atoms with Gasteiger partial charge in [0, 0.05) is 17.7 Å². The quantitative estimate of drug-likeness (QED) is 0.804. The third kappa shape index (κ3) is 3.50. The van der Waals surface area contributed by atoms with Gasteiger partial charge in [0.1, 0.15) is 6.26 Å². The lowest BCUT2D eigenvalue weighted by molar-refractivity contribution is -0.116. The molecule has 0 saturated carbocycles. The fourth-order valence-electron chi connectivity index (χ4n) is 0.815. The first-order valence-corrected chi connectivity index (χ1v) is 5.24. The molecular weight excluding hydrogens is 188 g/mol. The van der Waals surface area contributed by atoms with Gasteiger partial charge in [-0.05, 0) is 6.26 Å². The van der Waals surface area contributed by atoms with Crippen molar-refractivity contribution in [2.24, 2.45) is 0 Å². The number of nitrogens with one attached hydrogen (secondary N) is 1. The van der Waals surface area contributed by atoms with Gasteiger partial charge in [-0.3, -0.25) is 4.79 Å². The number of rotatable bonds is 4. The lowest BCUT2D eigenvalue weighted by atomic mass is 10.3. The molecule has 1 rings (SSSR count). The van der Waals surface area contributed by atoms with Gasteiger partial charge in [0.25, 0.3) is 0 Å². The number of thioether (sulfide) groups is 1. The lowest BCUT2D eigenvalue weighted by Crippen LogP contribution is -2.16. The standard InChI is InChI=1S/C8H12N2O2S/c1-6(13-2)5-8(11)9-7-3-4-12-10-7/h3-4,6H,5H2,1-2H3,(H,9,10,11). The lowest BCUT2D eigenvalue weighted by Gasteiger charge is -2.06. The molecule has 0 aliphatic carbocycles. The second kappa shape index (κ2) is 4.91. The first-order valence-electron chi connectivity index (χ1n) is 3.95. The van der Waals surface area contributed by atoms with E-state index < -0.39 is 0 Å². The molecule has 1 atom stereocenters. The second-order valence-corrected chi connectivity index (χ2v) is 3.96. The first-order chi connectivity index (χ1) is 6.22. The predicted octanol–water partition coefficient (Wildman–Crippen LogP) is 1.75. The van der Waals surface area contributed by atoms with Crippen LogP contribution in [0, 0.1) is 0 Å². The van der Waals surface area contributed by atoms with Gasteiger partial charge in [-0.15, -0.1) is 0 Å². The number of anilines is 1. The Hall–Kier alpha value is -0.970. The van der Waals surface area contributed by atoms with E-state index in [4.69, 9.17) is 0 Å². The highest BCUT2D eigenvalue weighted by molar-refractivity contribution is 7.99. The van der Waals surface area contributed by atoms with E-state index in [1.165, 1.54) is 6.26 Å². The van der Waals surface area contributed by atoms with Crippen LogP contribution >= 0.6 is 11.8 Å². The normalized spacial score (nSPS) is 12.5. The Balaban J connectivity index is 2.34. The maximum atomic E-state index is 11.3. The summed E-state index contributed by atoms with van der Waals surface area (Å²) >= 11 is 1.66. The van der Waals surface area contributed by atoms with Crippen LogP contribution in [-0.4, -0.2) is 22.6 Å². The zero-order valence-electron chi connectivity index (χ0n) is 7.61. The third-order valence-corrected chi connectivity index (χ3v) is 2.55. The molecule has 1 aromatic rings. The SMILES string of the molecule is CSC(C)CC(=O)Nc1ccon1. The molecule has 1 heterocycles. The molecule has 1 N–H and O–H groups in total. The van der Waals surface area contributed by atoms with Crippen molar-refractivity contribution in [2.75, 3.05) is 11.6 Å². The number of amides is 1. The fourth-order valence-corrected chi connectivity index (χ4v) is 1.13. The molecule has 0 bridgehead atoms. The van der Waals surface area contributed by atoms with E-state index >= 15 is 0 Å². The van der Waals surface area contributed by atoms with Gasteiger partial charge in [0.15, 0.2) is 5.82 Å². The minimum Gasteiger partial charge on any atom is -0.363 e. The molecular formula is C8H12N2O2S. The molecule has 0 aliphatic rings. The summed E-state index contributed by atoms with van der Waals surface area (Å²) in [5, 5.41) is 6.53. The number of nitrogens with zero attached hydrogens (tertiary/aromatic N) is 1. The Morgan fingerprint density at radius 1 is 1.85 bits per heavy atom. The van der Waals surface area contributed by atoms with Crippen molar-refractivity contribution in [3.05, 3.63) is 12.3 Å². The van der Waals surface area contributed by atoms with Crippen LogP contribution in [0.15, 0.2) is 16.9 Å². The van der Waals surface area contributed by atoms with Gasteiger partial charge < -0.3 is 9.84 Å². The van der Waals surface area contributed by atoms with E-state index in [-0.39, 0.29) is 5.91 Å². The summed E-state index contributed by atoms with van der Waals surface area (Å²) in [6, 6.07) is 1.61. The van der Waals surface area contributed by atoms with Crippen LogP contribution in [0.4, 0.5) is 5.82 Å². The van der Waals surface area contributed by atoms with E-state index in [9.17, 15) is 4.79 Å².